The summed E-state index contributed by atoms with van der Waals surface area (Å²) in [6, 6.07) is 30.1. The molecule has 0 bridgehead atoms. The van der Waals surface area contributed by atoms with Crippen LogP contribution in [0, 0.1) is 0 Å². The average molecular weight is 502 g/mol. The van der Waals surface area contributed by atoms with Gasteiger partial charge in [-0.3, -0.25) is 4.90 Å². The van der Waals surface area contributed by atoms with Gasteiger partial charge in [0, 0.05) is 27.5 Å². The zero-order chi connectivity index (χ0) is 25.9. The van der Waals surface area contributed by atoms with Gasteiger partial charge < -0.3 is 0 Å². The molecule has 0 unspecified atom stereocenters. The van der Waals surface area contributed by atoms with Crippen LogP contribution in [0.4, 0.5) is 17.2 Å². The van der Waals surface area contributed by atoms with Crippen LogP contribution < -0.4 is 4.90 Å². The molecular weight excluding hydrogens is 470 g/mol. The molecule has 3 nitrogen and oxygen atoms in total. The maximum absolute atomic E-state index is 5.01. The van der Waals surface area contributed by atoms with Crippen molar-refractivity contribution in [2.24, 2.45) is 0 Å². The van der Waals surface area contributed by atoms with Crippen molar-refractivity contribution in [3.05, 3.63) is 108 Å². The van der Waals surface area contributed by atoms with E-state index < -0.39 is 0 Å². The standard InChI is InChI=1S/C33H31N3S/c1-32(2,3)23-17-18-34-30(20-23)36-27-11-7-6-10-24(27)33(4,5)25-15-13-22(19-28(25)36)26-16-14-21-9-8-12-29(37)31(21)35-26/h6-20,37H,1-5H3. The quantitative estimate of drug-likeness (QED) is 0.245. The Morgan fingerprint density at radius 1 is 0.784 bits per heavy atom. The van der Waals surface area contributed by atoms with Gasteiger partial charge in [0.1, 0.15) is 5.82 Å². The number of anilines is 3. The number of benzene rings is 3. The van der Waals surface area contributed by atoms with Gasteiger partial charge in [-0.15, -0.1) is 12.6 Å². The normalized spacial score (nSPS) is 14.4. The molecule has 0 atom stereocenters. The zero-order valence-corrected chi connectivity index (χ0v) is 22.8. The molecule has 0 saturated carbocycles. The van der Waals surface area contributed by atoms with Crippen molar-refractivity contribution in [1.29, 1.82) is 0 Å². The van der Waals surface area contributed by atoms with E-state index in [1.54, 1.807) is 0 Å². The van der Waals surface area contributed by atoms with Crippen molar-refractivity contribution >= 4 is 40.7 Å². The monoisotopic (exact) mass is 501 g/mol. The Labute approximate surface area is 224 Å². The van der Waals surface area contributed by atoms with Crippen molar-refractivity contribution < 1.29 is 0 Å². The Bertz CT molecular complexity index is 1660. The number of nitrogens with zero attached hydrogens (tertiary/aromatic N) is 3. The Balaban J connectivity index is 1.59. The van der Waals surface area contributed by atoms with Gasteiger partial charge in [0.2, 0.25) is 0 Å². The molecule has 1 aliphatic rings. The maximum atomic E-state index is 5.01. The first-order valence-corrected chi connectivity index (χ1v) is 13.2. The van der Waals surface area contributed by atoms with Gasteiger partial charge in [0.15, 0.2) is 0 Å². The summed E-state index contributed by atoms with van der Waals surface area (Å²) in [5.41, 5.74) is 8.93. The lowest BCUT2D eigenvalue weighted by molar-refractivity contribution is 0.589. The summed E-state index contributed by atoms with van der Waals surface area (Å²) < 4.78 is 0. The third-order valence-corrected chi connectivity index (χ3v) is 7.93. The Morgan fingerprint density at radius 3 is 2.38 bits per heavy atom. The predicted molar refractivity (Wildman–Crippen MR) is 158 cm³/mol. The highest BCUT2D eigenvalue weighted by molar-refractivity contribution is 7.80. The zero-order valence-electron chi connectivity index (χ0n) is 21.9. The fraction of sp³-hybridized carbons (Fsp3) is 0.212. The van der Waals surface area contributed by atoms with Gasteiger partial charge in [-0.1, -0.05) is 83.1 Å². The molecule has 0 fully saturated rings. The third kappa shape index (κ3) is 3.91. The molecule has 1 aliphatic heterocycles. The molecule has 184 valence electrons. The molecule has 0 aliphatic carbocycles. The minimum Gasteiger partial charge on any atom is -0.294 e. The lowest BCUT2D eigenvalue weighted by atomic mass is 9.73. The van der Waals surface area contributed by atoms with E-state index in [1.165, 1.54) is 22.4 Å². The van der Waals surface area contributed by atoms with Crippen LogP contribution in [0.2, 0.25) is 0 Å². The van der Waals surface area contributed by atoms with E-state index in [4.69, 9.17) is 9.97 Å². The van der Waals surface area contributed by atoms with Crippen LogP contribution in [0.3, 0.4) is 0 Å². The number of hydrogen-bond donors (Lipinski definition) is 1. The second-order valence-electron chi connectivity index (χ2n) is 11.4. The van der Waals surface area contributed by atoms with E-state index in [-0.39, 0.29) is 10.8 Å². The molecular formula is C33H31N3S. The van der Waals surface area contributed by atoms with Crippen molar-refractivity contribution in [3.8, 4) is 11.3 Å². The van der Waals surface area contributed by atoms with Gasteiger partial charge >= 0.3 is 0 Å². The predicted octanol–water partition coefficient (Wildman–Crippen LogP) is 8.99. The van der Waals surface area contributed by atoms with E-state index >= 15 is 0 Å². The van der Waals surface area contributed by atoms with Crippen molar-refractivity contribution in [2.45, 2.75) is 50.3 Å². The Hall–Kier alpha value is -3.63. The number of fused-ring (bicyclic) bond motifs is 3. The van der Waals surface area contributed by atoms with Crippen LogP contribution >= 0.6 is 12.6 Å². The smallest absolute Gasteiger partial charge is 0.137 e. The van der Waals surface area contributed by atoms with Gasteiger partial charge in [0.05, 0.1) is 22.6 Å². The molecule has 0 saturated heterocycles. The SMILES string of the molecule is CC(C)(C)c1ccnc(N2c3ccccc3C(C)(C)c3ccc(-c4ccc5cccc(S)c5n4)cc32)c1. The lowest BCUT2D eigenvalue weighted by Gasteiger charge is -2.42. The van der Waals surface area contributed by atoms with Crippen molar-refractivity contribution in [2.75, 3.05) is 4.90 Å². The van der Waals surface area contributed by atoms with Crippen LogP contribution in [0.5, 0.6) is 0 Å². The van der Waals surface area contributed by atoms with Crippen molar-refractivity contribution in [3.63, 3.8) is 0 Å². The summed E-state index contributed by atoms with van der Waals surface area (Å²) >= 11 is 4.66. The highest BCUT2D eigenvalue weighted by atomic mass is 32.1. The summed E-state index contributed by atoms with van der Waals surface area (Å²) in [4.78, 5) is 13.1. The molecule has 6 rings (SSSR count). The van der Waals surface area contributed by atoms with E-state index in [0.29, 0.717) is 0 Å². The van der Waals surface area contributed by atoms with E-state index in [0.717, 1.165) is 38.6 Å². The lowest BCUT2D eigenvalue weighted by Crippen LogP contribution is -2.31. The molecule has 0 N–H and O–H groups in total. The summed E-state index contributed by atoms with van der Waals surface area (Å²) in [7, 11) is 0. The number of pyridine rings is 2. The number of aromatic nitrogens is 2. The second kappa shape index (κ2) is 8.46. The Morgan fingerprint density at radius 2 is 1.57 bits per heavy atom. The van der Waals surface area contributed by atoms with Crippen LogP contribution in [0.25, 0.3) is 22.2 Å². The topological polar surface area (TPSA) is 29.0 Å². The van der Waals surface area contributed by atoms with Crippen LogP contribution in [0.15, 0.2) is 96.0 Å². The number of rotatable bonds is 2. The summed E-state index contributed by atoms with van der Waals surface area (Å²) in [6.07, 6.45) is 1.93. The second-order valence-corrected chi connectivity index (χ2v) is 11.9. The molecule has 2 aromatic heterocycles. The first-order chi connectivity index (χ1) is 17.6. The molecule has 0 spiro atoms. The number of para-hydroxylation sites is 2. The van der Waals surface area contributed by atoms with E-state index in [9.17, 15) is 0 Å². The Kier molecular flexibility index (Phi) is 5.43. The fourth-order valence-electron chi connectivity index (χ4n) is 5.42. The first-order valence-electron chi connectivity index (χ1n) is 12.7. The highest BCUT2D eigenvalue weighted by Crippen LogP contribution is 2.52. The molecule has 37 heavy (non-hydrogen) atoms. The molecule has 5 aromatic rings. The van der Waals surface area contributed by atoms with Crippen molar-refractivity contribution in [1.82, 2.24) is 9.97 Å². The number of thiol groups is 1. The first kappa shape index (κ1) is 23.7. The van der Waals surface area contributed by atoms with Crippen LogP contribution in [-0.2, 0) is 10.8 Å². The maximum Gasteiger partial charge on any atom is 0.137 e. The minimum atomic E-state index is -0.155. The fourth-order valence-corrected chi connectivity index (χ4v) is 5.69. The van der Waals surface area contributed by atoms with Gasteiger partial charge in [-0.2, -0.15) is 0 Å². The van der Waals surface area contributed by atoms with Crippen LogP contribution in [0.1, 0.15) is 51.3 Å². The highest BCUT2D eigenvalue weighted by Gasteiger charge is 2.37. The largest absolute Gasteiger partial charge is 0.294 e. The summed E-state index contributed by atoms with van der Waals surface area (Å²) in [5.74, 6) is 0.929. The summed E-state index contributed by atoms with van der Waals surface area (Å²) in [6.45, 7) is 11.3. The molecule has 3 heterocycles. The molecule has 0 radical (unpaired) electrons. The van der Waals surface area contributed by atoms with E-state index in [1.807, 2.05) is 18.3 Å². The van der Waals surface area contributed by atoms with Gasteiger partial charge in [0.25, 0.3) is 0 Å². The molecule has 4 heteroatoms. The van der Waals surface area contributed by atoms with Gasteiger partial charge in [-0.25, -0.2) is 9.97 Å². The molecule has 3 aromatic carbocycles. The average Bonchev–Trinajstić information content (AvgIpc) is 2.88. The minimum absolute atomic E-state index is 0.0243. The van der Waals surface area contributed by atoms with Crippen LogP contribution in [-0.4, -0.2) is 9.97 Å². The third-order valence-electron chi connectivity index (χ3n) is 7.57. The number of hydrogen-bond acceptors (Lipinski definition) is 4. The molecule has 0 amide bonds. The summed E-state index contributed by atoms with van der Waals surface area (Å²) in [5, 5.41) is 1.09. The van der Waals surface area contributed by atoms with E-state index in [2.05, 4.69) is 125 Å². The van der Waals surface area contributed by atoms with Gasteiger partial charge in [-0.05, 0) is 58.5 Å².